The van der Waals surface area contributed by atoms with E-state index in [0.717, 1.165) is 110 Å². The SMILES string of the molecule is Brc1ccc(-c2ccc3c(c2)c2cc4ccc5c6ccccc6oc5c4cc2n3-c2ccccc2)cc1.CC1(C)c2ccccc2-c2ccc(N(c3ccc(-c4ccc5c(c4)c4cc6ccc7c8ccccc8oc7c6cc4n5-c4ccccc4)cc3)c3cccc(-c4ccccc4)c3)cc21.CC1(C)c2ccccc2-c2ccc(Nc3cccc(-c4ccccc4)c3)cc21. The van der Waals surface area contributed by atoms with Gasteiger partial charge in [0.25, 0.3) is 0 Å². The molecule has 20 aromatic carbocycles. The van der Waals surface area contributed by atoms with Crippen molar-refractivity contribution in [2.24, 2.45) is 0 Å². The molecule has 129 heavy (non-hydrogen) atoms. The lowest BCUT2D eigenvalue weighted by Gasteiger charge is -2.28. The average Bonchev–Trinajstić information content (AvgIpc) is 1.56. The van der Waals surface area contributed by atoms with Gasteiger partial charge >= 0.3 is 0 Å². The molecule has 0 saturated carbocycles. The second-order valence-electron chi connectivity index (χ2n) is 35.3. The fourth-order valence-electron chi connectivity index (χ4n) is 20.6. The van der Waals surface area contributed by atoms with Crippen molar-refractivity contribution in [3.8, 4) is 78.1 Å². The number of aromatic nitrogens is 2. The molecule has 0 atom stereocenters. The van der Waals surface area contributed by atoms with Crippen molar-refractivity contribution in [2.45, 2.75) is 38.5 Å². The lowest BCUT2D eigenvalue weighted by molar-refractivity contribution is 0.660. The summed E-state index contributed by atoms with van der Waals surface area (Å²) in [5.74, 6) is 0. The molecule has 4 heterocycles. The van der Waals surface area contributed by atoms with Gasteiger partial charge in [-0.3, -0.25) is 0 Å². The van der Waals surface area contributed by atoms with Crippen LogP contribution in [0.2, 0.25) is 0 Å². The third kappa shape index (κ3) is 13.1. The van der Waals surface area contributed by atoms with E-state index in [1.165, 1.54) is 132 Å². The van der Waals surface area contributed by atoms with Crippen molar-refractivity contribution >= 4 is 153 Å². The highest BCUT2D eigenvalue weighted by Gasteiger charge is 2.37. The Balaban J connectivity index is 0.000000119. The minimum absolute atomic E-state index is 0.0233. The van der Waals surface area contributed by atoms with E-state index in [9.17, 15) is 0 Å². The number of nitrogens with zero attached hydrogens (tertiary/aromatic N) is 3. The minimum Gasteiger partial charge on any atom is -0.455 e. The number of hydrogen-bond acceptors (Lipinski definition) is 4. The van der Waals surface area contributed by atoms with Gasteiger partial charge in [0, 0.05) is 109 Å². The van der Waals surface area contributed by atoms with Crippen LogP contribution in [0.1, 0.15) is 49.9 Å². The summed E-state index contributed by atoms with van der Waals surface area (Å²) in [6, 6.07) is 158. The summed E-state index contributed by atoms with van der Waals surface area (Å²) in [6.07, 6.45) is 0. The first-order valence-corrected chi connectivity index (χ1v) is 45.1. The molecule has 0 bridgehead atoms. The van der Waals surface area contributed by atoms with E-state index in [-0.39, 0.29) is 10.8 Å². The molecular formula is C122H85BrN4O2. The van der Waals surface area contributed by atoms with Crippen LogP contribution >= 0.6 is 15.9 Å². The Morgan fingerprint density at radius 1 is 0.240 bits per heavy atom. The van der Waals surface area contributed by atoms with Gasteiger partial charge < -0.3 is 28.2 Å². The Kier molecular flexibility index (Phi) is 18.3. The Labute approximate surface area is 756 Å². The van der Waals surface area contributed by atoms with Gasteiger partial charge in [0.05, 0.1) is 22.1 Å². The van der Waals surface area contributed by atoms with Crippen molar-refractivity contribution in [1.82, 2.24) is 9.13 Å². The molecule has 612 valence electrons. The summed E-state index contributed by atoms with van der Waals surface area (Å²) >= 11 is 3.56. The molecule has 24 aromatic rings. The van der Waals surface area contributed by atoms with E-state index in [1.807, 2.05) is 18.2 Å². The molecule has 26 rings (SSSR count). The number of rotatable bonds is 11. The van der Waals surface area contributed by atoms with Crippen molar-refractivity contribution in [1.29, 1.82) is 0 Å². The molecule has 2 aliphatic rings. The summed E-state index contributed by atoms with van der Waals surface area (Å²) in [4.78, 5) is 2.41. The van der Waals surface area contributed by atoms with Crippen LogP contribution in [0.5, 0.6) is 0 Å². The fourth-order valence-corrected chi connectivity index (χ4v) is 20.9. The number of furan rings is 2. The topological polar surface area (TPSA) is 51.4 Å². The first-order chi connectivity index (χ1) is 63.3. The van der Waals surface area contributed by atoms with Crippen LogP contribution in [0, 0.1) is 0 Å². The fraction of sp³-hybridized carbons (Fsp3) is 0.0492. The Bertz CT molecular complexity index is 8570. The Morgan fingerprint density at radius 3 is 1.16 bits per heavy atom. The molecule has 0 unspecified atom stereocenters. The maximum atomic E-state index is 6.55. The number of para-hydroxylation sites is 4. The first kappa shape index (κ1) is 76.8. The summed E-state index contributed by atoms with van der Waals surface area (Å²) in [6.45, 7) is 9.34. The number of benzene rings is 20. The van der Waals surface area contributed by atoms with E-state index in [2.05, 4.69) is 482 Å². The normalized spacial score (nSPS) is 12.8. The lowest BCUT2D eigenvalue weighted by atomic mass is 9.82. The van der Waals surface area contributed by atoms with E-state index in [4.69, 9.17) is 8.83 Å². The predicted octanol–water partition coefficient (Wildman–Crippen LogP) is 34.6. The van der Waals surface area contributed by atoms with Crippen molar-refractivity contribution in [2.75, 3.05) is 10.2 Å². The highest BCUT2D eigenvalue weighted by molar-refractivity contribution is 9.10. The second-order valence-corrected chi connectivity index (χ2v) is 36.2. The van der Waals surface area contributed by atoms with Crippen LogP contribution in [0.4, 0.5) is 28.4 Å². The summed E-state index contributed by atoms with van der Waals surface area (Å²) in [7, 11) is 0. The maximum Gasteiger partial charge on any atom is 0.143 e. The van der Waals surface area contributed by atoms with Crippen LogP contribution in [-0.4, -0.2) is 9.13 Å². The van der Waals surface area contributed by atoms with Gasteiger partial charge in [-0.05, 0) is 270 Å². The molecule has 0 aliphatic heterocycles. The van der Waals surface area contributed by atoms with E-state index in [0.29, 0.717) is 0 Å². The van der Waals surface area contributed by atoms with Crippen molar-refractivity contribution in [3.05, 3.63) is 464 Å². The molecule has 6 nitrogen and oxygen atoms in total. The third-order valence-electron chi connectivity index (χ3n) is 27.0. The summed E-state index contributed by atoms with van der Waals surface area (Å²) < 4.78 is 18.8. The third-order valence-corrected chi connectivity index (χ3v) is 27.6. The number of anilines is 5. The van der Waals surface area contributed by atoms with E-state index >= 15 is 0 Å². The standard InChI is InChI=1S/C61H42N2O.C34H20BrNO.C27H23N/c1-61(2)55-22-11-9-20-48(55)49-32-30-47(37-56(49)61)62(46-19-13-16-41(34-46)39-14-5-3-6-15-39)45-28-24-40(25-29-45)42-27-33-57-53(35-42)54-36-43-26-31-51-50-21-10-12-23-59(50)64-60(51)52(43)38-58(54)63(57)44-17-7-4-8-18-44;35-24-14-10-21(11-15-24)22-13-17-31-29(18-22)30-19-23-12-16-27-26-8-4-5-9-33(26)37-34(27)28(23)20-32(30)36(31)25-6-2-1-3-7-25;1-27(2)25-14-7-6-13-23(25)24-16-15-22(18-26(24)27)28-21-12-8-11-20(17-21)19-9-4-3-5-10-19/h3-38H,1-2H3;1-20H;3-18,28H,1-2H3. The van der Waals surface area contributed by atoms with Gasteiger partial charge in [0.2, 0.25) is 0 Å². The van der Waals surface area contributed by atoms with Crippen LogP contribution in [0.15, 0.2) is 450 Å². The molecular weight excluding hydrogens is 1630 g/mol. The van der Waals surface area contributed by atoms with Gasteiger partial charge in [-0.25, -0.2) is 0 Å². The molecule has 1 N–H and O–H groups in total. The van der Waals surface area contributed by atoms with Gasteiger partial charge in [-0.1, -0.05) is 311 Å². The molecule has 2 aliphatic carbocycles. The zero-order chi connectivity index (χ0) is 86.2. The van der Waals surface area contributed by atoms with E-state index < -0.39 is 0 Å². The van der Waals surface area contributed by atoms with Crippen molar-refractivity contribution in [3.63, 3.8) is 0 Å². The van der Waals surface area contributed by atoms with Gasteiger partial charge in [-0.15, -0.1) is 0 Å². The zero-order valence-electron chi connectivity index (χ0n) is 71.6. The smallest absolute Gasteiger partial charge is 0.143 e. The molecule has 0 amide bonds. The van der Waals surface area contributed by atoms with Gasteiger partial charge in [0.15, 0.2) is 0 Å². The largest absolute Gasteiger partial charge is 0.455 e. The Morgan fingerprint density at radius 2 is 0.628 bits per heavy atom. The molecule has 0 fully saturated rings. The molecule has 0 spiro atoms. The van der Waals surface area contributed by atoms with Gasteiger partial charge in [-0.2, -0.15) is 0 Å². The second kappa shape index (κ2) is 30.8. The van der Waals surface area contributed by atoms with Crippen LogP contribution < -0.4 is 10.2 Å². The molecule has 0 radical (unpaired) electrons. The van der Waals surface area contributed by atoms with Crippen LogP contribution in [0.3, 0.4) is 0 Å². The summed E-state index contributed by atoms with van der Waals surface area (Å²) in [5, 5.41) is 17.7. The quantitative estimate of drug-likeness (QED) is 0.140. The highest BCUT2D eigenvalue weighted by atomic mass is 79.9. The predicted molar refractivity (Wildman–Crippen MR) is 547 cm³/mol. The van der Waals surface area contributed by atoms with Crippen LogP contribution in [-0.2, 0) is 10.8 Å². The number of fused-ring (bicyclic) bond motifs is 22. The zero-order valence-corrected chi connectivity index (χ0v) is 73.2. The Hall–Kier alpha value is -15.8. The number of nitrogens with one attached hydrogen (secondary N) is 1. The van der Waals surface area contributed by atoms with Gasteiger partial charge in [0.1, 0.15) is 22.3 Å². The average molecular weight is 1720 g/mol. The monoisotopic (exact) mass is 1720 g/mol. The molecule has 7 heteroatoms. The van der Waals surface area contributed by atoms with Crippen LogP contribution in [0.25, 0.3) is 187 Å². The highest BCUT2D eigenvalue weighted by Crippen LogP contribution is 2.54. The number of halogens is 1. The molecule has 0 saturated heterocycles. The molecule has 4 aromatic heterocycles. The maximum absolute atomic E-state index is 6.55. The van der Waals surface area contributed by atoms with E-state index in [1.54, 1.807) is 0 Å². The van der Waals surface area contributed by atoms with Crippen molar-refractivity contribution < 1.29 is 8.83 Å². The minimum atomic E-state index is -0.114. The summed E-state index contributed by atoms with van der Waals surface area (Å²) in [5.41, 5.74) is 36.7. The first-order valence-electron chi connectivity index (χ1n) is 44.3. The lowest BCUT2D eigenvalue weighted by Crippen LogP contribution is -2.16. The number of hydrogen-bond donors (Lipinski definition) is 1.